The average Bonchev–Trinajstić information content (AvgIpc) is 2.90. The predicted octanol–water partition coefficient (Wildman–Crippen LogP) is 4.99. The minimum absolute atomic E-state index is 0.248. The van der Waals surface area contributed by atoms with E-state index in [4.69, 9.17) is 29.6 Å². The Hall–Kier alpha value is -1.33. The Balaban J connectivity index is 2.24. The van der Waals surface area contributed by atoms with Gasteiger partial charge < -0.3 is 4.57 Å². The third-order valence-electron chi connectivity index (χ3n) is 3.28. The van der Waals surface area contributed by atoms with Gasteiger partial charge in [-0.05, 0) is 46.9 Å². The molecule has 0 N–H and O–H groups in total. The minimum Gasteiger partial charge on any atom is -0.303 e. The lowest BCUT2D eigenvalue weighted by Crippen LogP contribution is -2.17. The molecule has 24 heavy (non-hydrogen) atoms. The Labute approximate surface area is 166 Å². The minimum atomic E-state index is -0.320. The summed E-state index contributed by atoms with van der Waals surface area (Å²) in [4.78, 5) is 17.3. The fourth-order valence-electron chi connectivity index (χ4n) is 2.21. The van der Waals surface area contributed by atoms with Crippen LogP contribution in [0.25, 0.3) is 10.2 Å². The van der Waals surface area contributed by atoms with Gasteiger partial charge in [0.05, 0.1) is 32.4 Å². The van der Waals surface area contributed by atoms with Crippen LogP contribution in [0.3, 0.4) is 0 Å². The van der Waals surface area contributed by atoms with Gasteiger partial charge in [0.1, 0.15) is 0 Å². The Morgan fingerprint density at radius 3 is 2.75 bits per heavy atom. The molecule has 0 aliphatic carbocycles. The Morgan fingerprint density at radius 2 is 2.04 bits per heavy atom. The fraction of sp³-hybridized carbons (Fsp3) is 0.0588. The molecular formula is C17H9Cl2IN2OS. The molecule has 3 rings (SSSR count). The third-order valence-corrected chi connectivity index (χ3v) is 6.06. The number of rotatable bonds is 2. The molecule has 1 heterocycles. The molecule has 3 aromatic rings. The lowest BCUT2D eigenvalue weighted by atomic mass is 10.2. The smallest absolute Gasteiger partial charge is 0.280 e. The molecule has 7 heteroatoms. The number of benzene rings is 2. The van der Waals surface area contributed by atoms with E-state index in [-0.39, 0.29) is 12.5 Å². The van der Waals surface area contributed by atoms with Crippen molar-refractivity contribution in [2.45, 2.75) is 6.54 Å². The van der Waals surface area contributed by atoms with Crippen molar-refractivity contribution in [3.8, 4) is 12.3 Å². The highest BCUT2D eigenvalue weighted by Crippen LogP contribution is 2.32. The Morgan fingerprint density at radius 1 is 1.29 bits per heavy atom. The molecule has 0 aliphatic heterocycles. The predicted molar refractivity (Wildman–Crippen MR) is 108 cm³/mol. The highest BCUT2D eigenvalue weighted by molar-refractivity contribution is 14.1. The summed E-state index contributed by atoms with van der Waals surface area (Å²) < 4.78 is 3.45. The van der Waals surface area contributed by atoms with Gasteiger partial charge >= 0.3 is 0 Å². The van der Waals surface area contributed by atoms with Crippen molar-refractivity contribution in [1.29, 1.82) is 0 Å². The van der Waals surface area contributed by atoms with Gasteiger partial charge in [0.2, 0.25) is 0 Å². The highest BCUT2D eigenvalue weighted by Gasteiger charge is 2.14. The van der Waals surface area contributed by atoms with Gasteiger partial charge in [-0.1, -0.05) is 52.6 Å². The second-order valence-electron chi connectivity index (χ2n) is 4.78. The molecule has 0 aliphatic rings. The van der Waals surface area contributed by atoms with Gasteiger partial charge in [0, 0.05) is 3.57 Å². The maximum Gasteiger partial charge on any atom is 0.280 e. The van der Waals surface area contributed by atoms with Crippen molar-refractivity contribution in [2.24, 2.45) is 4.99 Å². The number of aromatic nitrogens is 1. The van der Waals surface area contributed by atoms with Crippen LogP contribution in [0.4, 0.5) is 0 Å². The first-order valence-electron chi connectivity index (χ1n) is 6.77. The van der Waals surface area contributed by atoms with Crippen LogP contribution in [0.5, 0.6) is 0 Å². The van der Waals surface area contributed by atoms with Crippen LogP contribution in [-0.2, 0) is 6.54 Å². The topological polar surface area (TPSA) is 34.4 Å². The van der Waals surface area contributed by atoms with Crippen molar-refractivity contribution in [3.63, 3.8) is 0 Å². The fourth-order valence-corrected chi connectivity index (χ4v) is 4.34. The van der Waals surface area contributed by atoms with Crippen LogP contribution in [0.15, 0.2) is 41.4 Å². The Kier molecular flexibility index (Phi) is 5.30. The number of terminal acetylenes is 1. The molecule has 0 bridgehead atoms. The third kappa shape index (κ3) is 3.24. The van der Waals surface area contributed by atoms with Crippen LogP contribution < -0.4 is 4.80 Å². The average molecular weight is 487 g/mol. The summed E-state index contributed by atoms with van der Waals surface area (Å²) in [6, 6.07) is 10.8. The van der Waals surface area contributed by atoms with Gasteiger partial charge in [-0.3, -0.25) is 4.79 Å². The first-order valence-corrected chi connectivity index (χ1v) is 9.42. The van der Waals surface area contributed by atoms with Crippen molar-refractivity contribution in [2.75, 3.05) is 0 Å². The number of carbonyl (C=O) groups is 1. The van der Waals surface area contributed by atoms with Crippen molar-refractivity contribution < 1.29 is 4.79 Å². The van der Waals surface area contributed by atoms with Gasteiger partial charge in [-0.2, -0.15) is 4.99 Å². The van der Waals surface area contributed by atoms with E-state index in [2.05, 4.69) is 33.5 Å². The van der Waals surface area contributed by atoms with Crippen molar-refractivity contribution in [1.82, 2.24) is 4.57 Å². The number of hydrogen-bond donors (Lipinski definition) is 0. The number of nitrogens with zero attached hydrogens (tertiary/aromatic N) is 2. The molecule has 0 saturated heterocycles. The SMILES string of the molecule is C#CCn1c(=NC(=O)c2ccccc2I)sc2ccc(Cl)c(Cl)c21. The van der Waals surface area contributed by atoms with E-state index in [0.717, 1.165) is 8.27 Å². The zero-order chi connectivity index (χ0) is 17.3. The molecule has 3 nitrogen and oxygen atoms in total. The molecule has 0 spiro atoms. The number of hydrogen-bond acceptors (Lipinski definition) is 2. The van der Waals surface area contributed by atoms with E-state index in [9.17, 15) is 4.79 Å². The lowest BCUT2D eigenvalue weighted by Gasteiger charge is -2.03. The maximum atomic E-state index is 12.5. The summed E-state index contributed by atoms with van der Waals surface area (Å²) in [5.41, 5.74) is 1.24. The van der Waals surface area contributed by atoms with Crippen LogP contribution in [-0.4, -0.2) is 10.5 Å². The van der Waals surface area contributed by atoms with Gasteiger partial charge in [0.25, 0.3) is 5.91 Å². The van der Waals surface area contributed by atoms with Crippen molar-refractivity contribution >= 4 is 73.3 Å². The maximum absolute atomic E-state index is 12.5. The summed E-state index contributed by atoms with van der Waals surface area (Å²) >= 11 is 15.9. The quantitative estimate of drug-likeness (QED) is 0.371. The number of halogens is 3. The second-order valence-corrected chi connectivity index (χ2v) is 7.74. The van der Waals surface area contributed by atoms with Crippen molar-refractivity contribution in [3.05, 3.63) is 60.4 Å². The normalized spacial score (nSPS) is 11.7. The van der Waals surface area contributed by atoms with Crippen LogP contribution >= 0.6 is 57.1 Å². The van der Waals surface area contributed by atoms with E-state index >= 15 is 0 Å². The summed E-state index contributed by atoms with van der Waals surface area (Å²) in [5.74, 6) is 2.25. The lowest BCUT2D eigenvalue weighted by molar-refractivity contribution is 0.0997. The second kappa shape index (κ2) is 7.28. The van der Waals surface area contributed by atoms with E-state index in [1.165, 1.54) is 11.3 Å². The highest BCUT2D eigenvalue weighted by atomic mass is 127. The van der Waals surface area contributed by atoms with E-state index in [1.54, 1.807) is 16.7 Å². The standard InChI is InChI=1S/C17H9Cl2IN2OS/c1-2-9-22-15-13(8-7-11(18)14(15)19)24-17(22)21-16(23)10-5-3-4-6-12(10)20/h1,3-8H,9H2. The van der Waals surface area contributed by atoms with E-state index < -0.39 is 0 Å². The van der Waals surface area contributed by atoms with Crippen LogP contribution in [0.1, 0.15) is 10.4 Å². The largest absolute Gasteiger partial charge is 0.303 e. The zero-order valence-corrected chi connectivity index (χ0v) is 16.6. The molecule has 0 radical (unpaired) electrons. The molecule has 0 fully saturated rings. The number of fused-ring (bicyclic) bond motifs is 1. The molecule has 120 valence electrons. The first-order chi connectivity index (χ1) is 11.5. The monoisotopic (exact) mass is 486 g/mol. The first kappa shape index (κ1) is 17.5. The molecule has 0 saturated carbocycles. The zero-order valence-electron chi connectivity index (χ0n) is 12.1. The summed E-state index contributed by atoms with van der Waals surface area (Å²) in [6.45, 7) is 0.248. The summed E-state index contributed by atoms with van der Waals surface area (Å²) in [7, 11) is 0. The molecule has 1 amide bonds. The Bertz CT molecular complexity index is 1060. The van der Waals surface area contributed by atoms with Crippen LogP contribution in [0, 0.1) is 15.9 Å². The summed E-state index contributed by atoms with van der Waals surface area (Å²) in [5, 5.41) is 0.840. The number of thiazole rings is 1. The number of amides is 1. The van der Waals surface area contributed by atoms with Crippen LogP contribution in [0.2, 0.25) is 10.0 Å². The van der Waals surface area contributed by atoms with Gasteiger partial charge in [-0.15, -0.1) is 6.42 Å². The molecule has 2 aromatic carbocycles. The molecular weight excluding hydrogens is 478 g/mol. The molecule has 1 aromatic heterocycles. The van der Waals surface area contributed by atoms with E-state index in [0.29, 0.717) is 25.9 Å². The molecule has 0 atom stereocenters. The van der Waals surface area contributed by atoms with Gasteiger partial charge in [0.15, 0.2) is 4.80 Å². The van der Waals surface area contributed by atoms with E-state index in [1.807, 2.05) is 24.3 Å². The summed E-state index contributed by atoms with van der Waals surface area (Å²) in [6.07, 6.45) is 5.46. The van der Waals surface area contributed by atoms with Gasteiger partial charge in [-0.25, -0.2) is 0 Å². The number of carbonyl (C=O) groups excluding carboxylic acids is 1. The molecule has 0 unspecified atom stereocenters.